The fourth-order valence-electron chi connectivity index (χ4n) is 2.39. The Morgan fingerprint density at radius 2 is 2.00 bits per heavy atom. The third-order valence-electron chi connectivity index (χ3n) is 3.75. The van der Waals surface area contributed by atoms with Crippen LogP contribution in [0.2, 0.25) is 0 Å². The van der Waals surface area contributed by atoms with Gasteiger partial charge in [0.1, 0.15) is 22.5 Å². The highest BCUT2D eigenvalue weighted by atomic mass is 32.1. The molecule has 0 atom stereocenters. The van der Waals surface area contributed by atoms with Crippen LogP contribution in [0.4, 0.5) is 5.69 Å². The molecule has 28 heavy (non-hydrogen) atoms. The lowest BCUT2D eigenvalue weighted by Gasteiger charge is -2.07. The van der Waals surface area contributed by atoms with E-state index >= 15 is 0 Å². The predicted octanol–water partition coefficient (Wildman–Crippen LogP) is 2.90. The summed E-state index contributed by atoms with van der Waals surface area (Å²) in [5, 5.41) is 2.66. The summed E-state index contributed by atoms with van der Waals surface area (Å²) in [5.74, 6) is 0.0653. The molecular formula is C19H17N3O5S. The van der Waals surface area contributed by atoms with E-state index in [0.717, 1.165) is 11.7 Å². The highest BCUT2D eigenvalue weighted by Gasteiger charge is 2.10. The normalized spacial score (nSPS) is 10.8. The van der Waals surface area contributed by atoms with E-state index in [1.807, 2.05) is 0 Å². The molecule has 0 fully saturated rings. The van der Waals surface area contributed by atoms with Crippen LogP contribution in [0.25, 0.3) is 17.1 Å². The van der Waals surface area contributed by atoms with Gasteiger partial charge in [-0.25, -0.2) is 4.79 Å². The van der Waals surface area contributed by atoms with Crippen molar-refractivity contribution in [2.45, 2.75) is 0 Å². The van der Waals surface area contributed by atoms with E-state index in [9.17, 15) is 9.59 Å². The van der Waals surface area contributed by atoms with Gasteiger partial charge in [0.05, 0.1) is 31.6 Å². The number of ether oxygens (including phenoxy) is 3. The maximum atomic E-state index is 12.0. The van der Waals surface area contributed by atoms with E-state index in [2.05, 4.69) is 14.1 Å². The van der Waals surface area contributed by atoms with Gasteiger partial charge in [0, 0.05) is 17.7 Å². The number of rotatable bonds is 7. The molecule has 3 rings (SSSR count). The van der Waals surface area contributed by atoms with Gasteiger partial charge in [0.15, 0.2) is 6.61 Å². The summed E-state index contributed by atoms with van der Waals surface area (Å²) < 4.78 is 23.6. The van der Waals surface area contributed by atoms with Crippen molar-refractivity contribution in [1.82, 2.24) is 8.75 Å². The second-order valence-electron chi connectivity index (χ2n) is 5.53. The Balaban J connectivity index is 1.56. The quantitative estimate of drug-likeness (QED) is 0.482. The summed E-state index contributed by atoms with van der Waals surface area (Å²) in [6, 6.07) is 10.5. The maximum absolute atomic E-state index is 12.0. The van der Waals surface area contributed by atoms with Crippen LogP contribution in [-0.2, 0) is 14.3 Å². The molecule has 1 heterocycles. The first-order valence-electron chi connectivity index (χ1n) is 8.18. The molecule has 0 bridgehead atoms. The average molecular weight is 399 g/mol. The summed E-state index contributed by atoms with van der Waals surface area (Å²) in [5.41, 5.74) is 2.48. The average Bonchev–Trinajstić information content (AvgIpc) is 3.20. The number of amides is 1. The van der Waals surface area contributed by atoms with Gasteiger partial charge in [0.25, 0.3) is 5.91 Å². The summed E-state index contributed by atoms with van der Waals surface area (Å²) >= 11 is 1.06. The van der Waals surface area contributed by atoms with Crippen molar-refractivity contribution in [1.29, 1.82) is 0 Å². The summed E-state index contributed by atoms with van der Waals surface area (Å²) in [6.07, 6.45) is 2.77. The van der Waals surface area contributed by atoms with E-state index in [-0.39, 0.29) is 0 Å². The second kappa shape index (κ2) is 8.96. The molecule has 2 aromatic carbocycles. The molecule has 1 N–H and O–H groups in total. The van der Waals surface area contributed by atoms with Gasteiger partial charge in [0.2, 0.25) is 0 Å². The topological polar surface area (TPSA) is 99.6 Å². The standard InChI is InChI=1S/C19H17N3O5S/c1-25-13-8-6-12(16(10-13)26-2)7-9-18(24)27-11-17(23)20-14-4-3-5-15-19(14)22-28-21-15/h3-10H,11H2,1-2H3,(H,20,23)/b9-7+. The van der Waals surface area contributed by atoms with E-state index in [4.69, 9.17) is 14.2 Å². The Morgan fingerprint density at radius 1 is 1.14 bits per heavy atom. The fourth-order valence-corrected chi connectivity index (χ4v) is 2.94. The van der Waals surface area contributed by atoms with Crippen molar-refractivity contribution in [3.63, 3.8) is 0 Å². The fraction of sp³-hybridized carbons (Fsp3) is 0.158. The molecule has 0 aliphatic rings. The molecule has 9 heteroatoms. The van der Waals surface area contributed by atoms with Crippen LogP contribution in [0, 0.1) is 0 Å². The van der Waals surface area contributed by atoms with E-state index in [1.165, 1.54) is 13.2 Å². The highest BCUT2D eigenvalue weighted by Crippen LogP contribution is 2.25. The third-order valence-corrected chi connectivity index (χ3v) is 4.29. The van der Waals surface area contributed by atoms with Crippen LogP contribution in [0.3, 0.4) is 0 Å². The Hall–Kier alpha value is -3.46. The lowest BCUT2D eigenvalue weighted by atomic mass is 10.2. The number of nitrogens with zero attached hydrogens (tertiary/aromatic N) is 2. The van der Waals surface area contributed by atoms with Crippen LogP contribution in [0.5, 0.6) is 11.5 Å². The van der Waals surface area contributed by atoms with Crippen molar-refractivity contribution in [3.05, 3.63) is 48.0 Å². The lowest BCUT2D eigenvalue weighted by Crippen LogP contribution is -2.20. The van der Waals surface area contributed by atoms with E-state index in [1.54, 1.807) is 49.6 Å². The number of hydrogen-bond donors (Lipinski definition) is 1. The van der Waals surface area contributed by atoms with Crippen molar-refractivity contribution in [3.8, 4) is 11.5 Å². The van der Waals surface area contributed by atoms with E-state index < -0.39 is 18.5 Å². The molecule has 0 aliphatic carbocycles. The molecular weight excluding hydrogens is 382 g/mol. The largest absolute Gasteiger partial charge is 0.497 e. The number of nitrogens with one attached hydrogen (secondary N) is 1. The van der Waals surface area contributed by atoms with Gasteiger partial charge in [-0.3, -0.25) is 4.79 Å². The number of benzene rings is 2. The molecule has 1 aromatic heterocycles. The minimum atomic E-state index is -0.651. The minimum Gasteiger partial charge on any atom is -0.497 e. The minimum absolute atomic E-state index is 0.420. The monoisotopic (exact) mass is 399 g/mol. The third kappa shape index (κ3) is 4.63. The van der Waals surface area contributed by atoms with Crippen LogP contribution in [0.15, 0.2) is 42.5 Å². The smallest absolute Gasteiger partial charge is 0.331 e. The molecule has 3 aromatic rings. The lowest BCUT2D eigenvalue weighted by molar-refractivity contribution is -0.142. The zero-order valence-electron chi connectivity index (χ0n) is 15.2. The number of methoxy groups -OCH3 is 2. The van der Waals surface area contributed by atoms with E-state index in [0.29, 0.717) is 33.8 Å². The number of esters is 1. The first kappa shape index (κ1) is 19.3. The molecule has 144 valence electrons. The molecule has 0 radical (unpaired) electrons. The summed E-state index contributed by atoms with van der Waals surface area (Å²) in [4.78, 5) is 23.9. The molecule has 0 aliphatic heterocycles. The highest BCUT2D eigenvalue weighted by molar-refractivity contribution is 7.00. The summed E-state index contributed by atoms with van der Waals surface area (Å²) in [7, 11) is 3.07. The Bertz CT molecular complexity index is 1030. The first-order chi connectivity index (χ1) is 13.6. The van der Waals surface area contributed by atoms with Gasteiger partial charge in [-0.05, 0) is 30.3 Å². The summed E-state index contributed by atoms with van der Waals surface area (Å²) in [6.45, 7) is -0.420. The van der Waals surface area contributed by atoms with Crippen molar-refractivity contribution < 1.29 is 23.8 Å². The second-order valence-corrected chi connectivity index (χ2v) is 6.06. The zero-order chi connectivity index (χ0) is 19.9. The molecule has 0 saturated carbocycles. The molecule has 0 unspecified atom stereocenters. The number of anilines is 1. The number of hydrogen-bond acceptors (Lipinski definition) is 8. The van der Waals surface area contributed by atoms with Gasteiger partial charge < -0.3 is 19.5 Å². The maximum Gasteiger partial charge on any atom is 0.331 e. The number of aromatic nitrogens is 2. The molecule has 0 saturated heterocycles. The van der Waals surface area contributed by atoms with Crippen LogP contribution in [-0.4, -0.2) is 41.5 Å². The van der Waals surface area contributed by atoms with Crippen molar-refractivity contribution in [2.75, 3.05) is 26.1 Å². The Morgan fingerprint density at radius 3 is 2.79 bits per heavy atom. The predicted molar refractivity (Wildman–Crippen MR) is 106 cm³/mol. The van der Waals surface area contributed by atoms with Gasteiger partial charge >= 0.3 is 5.97 Å². The van der Waals surface area contributed by atoms with Gasteiger partial charge in [-0.1, -0.05) is 6.07 Å². The number of carbonyl (C=O) groups is 2. The zero-order valence-corrected chi connectivity index (χ0v) is 16.0. The molecule has 1 amide bonds. The Kier molecular flexibility index (Phi) is 6.18. The Labute approximate surface area is 165 Å². The van der Waals surface area contributed by atoms with Gasteiger partial charge in [-0.2, -0.15) is 8.75 Å². The van der Waals surface area contributed by atoms with Crippen LogP contribution < -0.4 is 14.8 Å². The van der Waals surface area contributed by atoms with Crippen LogP contribution in [0.1, 0.15) is 5.56 Å². The number of fused-ring (bicyclic) bond motifs is 1. The first-order valence-corrected chi connectivity index (χ1v) is 8.91. The van der Waals surface area contributed by atoms with Crippen molar-refractivity contribution >= 4 is 46.4 Å². The van der Waals surface area contributed by atoms with Crippen molar-refractivity contribution in [2.24, 2.45) is 0 Å². The SMILES string of the molecule is COc1ccc(/C=C/C(=O)OCC(=O)Nc2cccc3nsnc23)c(OC)c1. The van der Waals surface area contributed by atoms with Crippen LogP contribution >= 0.6 is 11.7 Å². The number of carbonyl (C=O) groups excluding carboxylic acids is 2. The van der Waals surface area contributed by atoms with Gasteiger partial charge in [-0.15, -0.1) is 0 Å². The molecule has 0 spiro atoms. The molecule has 8 nitrogen and oxygen atoms in total.